The molecule has 2 aromatic carbocycles. The number of hydrogen-bond donors (Lipinski definition) is 0. The quantitative estimate of drug-likeness (QED) is 0.263. The summed E-state index contributed by atoms with van der Waals surface area (Å²) < 4.78 is 5.33. The third kappa shape index (κ3) is 3.79. The number of carbonyl (C=O) groups excluding carboxylic acids is 2. The molecule has 0 saturated carbocycles. The van der Waals surface area contributed by atoms with Gasteiger partial charge in [0.15, 0.2) is 0 Å². The van der Waals surface area contributed by atoms with Crippen LogP contribution in [-0.4, -0.2) is 18.4 Å². The normalized spacial score (nSPS) is 10.7. The van der Waals surface area contributed by atoms with Gasteiger partial charge in [0, 0.05) is 11.1 Å². The van der Waals surface area contributed by atoms with Crippen molar-refractivity contribution in [1.82, 2.24) is 0 Å². The molecule has 144 valence electrons. The maximum Gasteiger partial charge on any atom is 0.348 e. The Morgan fingerprint density at radius 3 is 1.90 bits per heavy atom. The Morgan fingerprint density at radius 2 is 1.38 bits per heavy atom. The van der Waals surface area contributed by atoms with Crippen LogP contribution in [0.2, 0.25) is 0 Å². The van der Waals surface area contributed by atoms with Gasteiger partial charge in [-0.15, -0.1) is 22.7 Å². The van der Waals surface area contributed by atoms with Gasteiger partial charge in [0.25, 0.3) is 0 Å². The highest BCUT2D eigenvalue weighted by atomic mass is 32.1. The summed E-state index contributed by atoms with van der Waals surface area (Å²) in [6.45, 7) is 2.06. The van der Waals surface area contributed by atoms with Crippen molar-refractivity contribution in [3.8, 4) is 22.3 Å². The van der Waals surface area contributed by atoms with Crippen LogP contribution in [0.1, 0.15) is 31.1 Å². The molecule has 2 heterocycles. The average molecular weight is 419 g/mol. The minimum Gasteiger partial charge on any atom is -0.462 e. The monoisotopic (exact) mass is 418 g/mol. The molecule has 4 aromatic rings. The number of hydrogen-bond acceptors (Lipinski definition) is 5. The molecule has 0 saturated heterocycles. The average Bonchev–Trinajstić information content (AvgIpc) is 3.43. The third-order valence-corrected chi connectivity index (χ3v) is 6.48. The van der Waals surface area contributed by atoms with Gasteiger partial charge in [-0.25, -0.2) is 4.79 Å². The van der Waals surface area contributed by atoms with Crippen molar-refractivity contribution in [3.05, 3.63) is 92.8 Å². The fraction of sp³-hybridized carbons (Fsp3) is 0.0833. The Hall–Kier alpha value is -3.02. The molecule has 0 aliphatic carbocycles. The van der Waals surface area contributed by atoms with Crippen LogP contribution in [0.25, 0.3) is 22.3 Å². The number of ketones is 1. The van der Waals surface area contributed by atoms with Gasteiger partial charge in [-0.1, -0.05) is 66.7 Å². The first-order valence-corrected chi connectivity index (χ1v) is 10.9. The van der Waals surface area contributed by atoms with Gasteiger partial charge in [-0.05, 0) is 29.5 Å². The van der Waals surface area contributed by atoms with E-state index in [0.717, 1.165) is 22.3 Å². The van der Waals surface area contributed by atoms with Gasteiger partial charge >= 0.3 is 5.97 Å². The van der Waals surface area contributed by atoms with E-state index in [1.807, 2.05) is 78.2 Å². The molecular weight excluding hydrogens is 400 g/mol. The fourth-order valence-electron chi connectivity index (χ4n) is 3.21. The zero-order valence-electron chi connectivity index (χ0n) is 15.8. The molecule has 0 radical (unpaired) electrons. The van der Waals surface area contributed by atoms with Gasteiger partial charge < -0.3 is 4.74 Å². The standard InChI is InChI=1S/C24H18O3S2/c1-2-27-24(26)23-20(17-12-7-4-8-13-17)19(16-10-5-3-6-11-16)22(29-23)21(25)18-14-9-15-28-18/h3-15H,2H2,1H3. The van der Waals surface area contributed by atoms with E-state index in [2.05, 4.69) is 0 Å². The number of rotatable bonds is 6. The molecule has 0 unspecified atom stereocenters. The van der Waals surface area contributed by atoms with Crippen molar-refractivity contribution >= 4 is 34.4 Å². The van der Waals surface area contributed by atoms with Crippen molar-refractivity contribution < 1.29 is 14.3 Å². The van der Waals surface area contributed by atoms with Gasteiger partial charge in [0.2, 0.25) is 5.78 Å². The molecule has 0 N–H and O–H groups in total. The van der Waals surface area contributed by atoms with Gasteiger partial charge in [-0.2, -0.15) is 0 Å². The van der Waals surface area contributed by atoms with E-state index >= 15 is 0 Å². The largest absolute Gasteiger partial charge is 0.462 e. The summed E-state index contributed by atoms with van der Waals surface area (Å²) in [6.07, 6.45) is 0. The first kappa shape index (κ1) is 19.3. The van der Waals surface area contributed by atoms with Crippen molar-refractivity contribution in [2.24, 2.45) is 0 Å². The smallest absolute Gasteiger partial charge is 0.348 e. The SMILES string of the molecule is CCOC(=O)c1sc(C(=O)c2cccs2)c(-c2ccccc2)c1-c1ccccc1. The molecule has 0 spiro atoms. The summed E-state index contributed by atoms with van der Waals surface area (Å²) in [5.41, 5.74) is 3.32. The van der Waals surface area contributed by atoms with Crippen molar-refractivity contribution in [1.29, 1.82) is 0 Å². The predicted molar refractivity (Wildman–Crippen MR) is 119 cm³/mol. The Labute approximate surface area is 177 Å². The van der Waals surface area contributed by atoms with E-state index in [1.165, 1.54) is 22.7 Å². The topological polar surface area (TPSA) is 43.4 Å². The summed E-state index contributed by atoms with van der Waals surface area (Å²) in [6, 6.07) is 23.1. The number of benzene rings is 2. The Bertz CT molecular complexity index is 1130. The second-order valence-electron chi connectivity index (χ2n) is 6.27. The first-order chi connectivity index (χ1) is 14.2. The highest BCUT2D eigenvalue weighted by Gasteiger charge is 2.29. The fourth-order valence-corrected chi connectivity index (χ4v) is 5.14. The van der Waals surface area contributed by atoms with Crippen molar-refractivity contribution in [3.63, 3.8) is 0 Å². The molecule has 29 heavy (non-hydrogen) atoms. The molecule has 4 rings (SSSR count). The molecule has 0 bridgehead atoms. The number of carbonyl (C=O) groups is 2. The summed E-state index contributed by atoms with van der Waals surface area (Å²) in [5.74, 6) is -0.477. The van der Waals surface area contributed by atoms with Gasteiger partial charge in [-0.3, -0.25) is 4.79 Å². The van der Waals surface area contributed by atoms with E-state index in [1.54, 1.807) is 6.92 Å². The maximum absolute atomic E-state index is 13.3. The predicted octanol–water partition coefficient (Wildman–Crippen LogP) is 6.55. The lowest BCUT2D eigenvalue weighted by Crippen LogP contribution is -2.03. The van der Waals surface area contributed by atoms with E-state index in [9.17, 15) is 9.59 Å². The first-order valence-electron chi connectivity index (χ1n) is 9.23. The summed E-state index contributed by atoms with van der Waals surface area (Å²) in [4.78, 5) is 27.8. The zero-order chi connectivity index (χ0) is 20.2. The minimum absolute atomic E-state index is 0.0726. The second-order valence-corrected chi connectivity index (χ2v) is 8.24. The number of thiophene rings is 2. The Morgan fingerprint density at radius 1 is 0.793 bits per heavy atom. The summed E-state index contributed by atoms with van der Waals surface area (Å²) in [7, 11) is 0. The van der Waals surface area contributed by atoms with E-state index in [4.69, 9.17) is 4.74 Å². The molecule has 0 aliphatic rings. The molecule has 2 aromatic heterocycles. The lowest BCUT2D eigenvalue weighted by atomic mass is 9.93. The van der Waals surface area contributed by atoms with E-state index < -0.39 is 5.97 Å². The van der Waals surface area contributed by atoms with Crippen LogP contribution in [0.15, 0.2) is 78.2 Å². The van der Waals surface area contributed by atoms with Crippen LogP contribution in [0.3, 0.4) is 0 Å². The molecule has 5 heteroatoms. The van der Waals surface area contributed by atoms with Crippen LogP contribution in [0.4, 0.5) is 0 Å². The number of esters is 1. The van der Waals surface area contributed by atoms with Crippen molar-refractivity contribution in [2.75, 3.05) is 6.61 Å². The zero-order valence-corrected chi connectivity index (χ0v) is 17.4. The highest BCUT2D eigenvalue weighted by Crippen LogP contribution is 2.44. The molecule has 0 atom stereocenters. The highest BCUT2D eigenvalue weighted by molar-refractivity contribution is 7.19. The molecular formula is C24H18O3S2. The van der Waals surface area contributed by atoms with Crippen LogP contribution in [0, 0.1) is 0 Å². The Kier molecular flexibility index (Phi) is 5.69. The maximum atomic E-state index is 13.3. The second kappa shape index (κ2) is 8.55. The molecule has 0 aliphatic heterocycles. The van der Waals surface area contributed by atoms with Crippen LogP contribution in [0.5, 0.6) is 0 Å². The van der Waals surface area contributed by atoms with E-state index in [0.29, 0.717) is 14.6 Å². The van der Waals surface area contributed by atoms with Crippen LogP contribution in [-0.2, 0) is 4.74 Å². The number of ether oxygens (including phenoxy) is 1. The molecule has 0 fully saturated rings. The van der Waals surface area contributed by atoms with E-state index in [-0.39, 0.29) is 12.4 Å². The Balaban J connectivity index is 2.03. The summed E-state index contributed by atoms with van der Waals surface area (Å²) >= 11 is 2.61. The summed E-state index contributed by atoms with van der Waals surface area (Å²) in [5, 5.41) is 1.88. The lowest BCUT2D eigenvalue weighted by molar-refractivity contribution is 0.0533. The lowest BCUT2D eigenvalue weighted by Gasteiger charge is -2.09. The minimum atomic E-state index is -0.404. The molecule has 3 nitrogen and oxygen atoms in total. The van der Waals surface area contributed by atoms with Gasteiger partial charge in [0.05, 0.1) is 16.4 Å². The molecule has 0 amide bonds. The van der Waals surface area contributed by atoms with Crippen LogP contribution >= 0.6 is 22.7 Å². The van der Waals surface area contributed by atoms with Crippen molar-refractivity contribution in [2.45, 2.75) is 6.92 Å². The third-order valence-electron chi connectivity index (χ3n) is 4.45. The van der Waals surface area contributed by atoms with Gasteiger partial charge in [0.1, 0.15) is 4.88 Å². The van der Waals surface area contributed by atoms with Crippen LogP contribution < -0.4 is 0 Å².